The minimum atomic E-state index is -0.480. The lowest BCUT2D eigenvalue weighted by Gasteiger charge is -2.30. The molecule has 1 rings (SSSR count). The SMILES string of the molecule is CC(NC(=O)C(C)(C)Br)C1CCOCC1. The van der Waals surface area contributed by atoms with Gasteiger partial charge in [0.15, 0.2) is 0 Å². The summed E-state index contributed by atoms with van der Waals surface area (Å²) >= 11 is 3.36. The summed E-state index contributed by atoms with van der Waals surface area (Å²) in [4.78, 5) is 11.7. The lowest BCUT2D eigenvalue weighted by atomic mass is 9.92. The molecule has 1 aliphatic heterocycles. The Morgan fingerprint density at radius 1 is 1.47 bits per heavy atom. The molecule has 0 aromatic carbocycles. The molecule has 0 saturated carbocycles. The van der Waals surface area contributed by atoms with Gasteiger partial charge in [0.05, 0.1) is 4.32 Å². The monoisotopic (exact) mass is 277 g/mol. The molecule has 88 valence electrons. The summed E-state index contributed by atoms with van der Waals surface area (Å²) in [6, 6.07) is 0.234. The lowest BCUT2D eigenvalue weighted by molar-refractivity contribution is -0.123. The fourth-order valence-corrected chi connectivity index (χ4v) is 1.83. The second kappa shape index (κ2) is 5.30. The van der Waals surface area contributed by atoms with Crippen LogP contribution in [0.5, 0.6) is 0 Å². The molecule has 0 aromatic heterocycles. The van der Waals surface area contributed by atoms with E-state index in [9.17, 15) is 4.79 Å². The second-order valence-corrected chi connectivity index (χ2v) is 6.67. The van der Waals surface area contributed by atoms with Crippen molar-refractivity contribution in [1.82, 2.24) is 5.32 Å². The average Bonchev–Trinajstić information content (AvgIpc) is 2.17. The number of ether oxygens (including phenoxy) is 1. The van der Waals surface area contributed by atoms with Crippen LogP contribution < -0.4 is 5.32 Å². The smallest absolute Gasteiger partial charge is 0.236 e. The number of hydrogen-bond donors (Lipinski definition) is 1. The van der Waals surface area contributed by atoms with Gasteiger partial charge in [0.1, 0.15) is 0 Å². The van der Waals surface area contributed by atoms with Crippen LogP contribution in [0, 0.1) is 5.92 Å². The van der Waals surface area contributed by atoms with Crippen molar-refractivity contribution in [3.05, 3.63) is 0 Å². The zero-order valence-electron chi connectivity index (χ0n) is 9.68. The fourth-order valence-electron chi connectivity index (χ4n) is 1.71. The molecule has 1 fully saturated rings. The second-order valence-electron chi connectivity index (χ2n) is 4.68. The molecule has 1 atom stereocenters. The van der Waals surface area contributed by atoms with E-state index in [-0.39, 0.29) is 11.9 Å². The largest absolute Gasteiger partial charge is 0.381 e. The molecule has 1 aliphatic rings. The molecule has 0 radical (unpaired) electrons. The maximum Gasteiger partial charge on any atom is 0.236 e. The number of hydrogen-bond acceptors (Lipinski definition) is 2. The summed E-state index contributed by atoms with van der Waals surface area (Å²) in [6.45, 7) is 7.44. The summed E-state index contributed by atoms with van der Waals surface area (Å²) in [7, 11) is 0. The summed E-state index contributed by atoms with van der Waals surface area (Å²) < 4.78 is 4.82. The van der Waals surface area contributed by atoms with Crippen molar-refractivity contribution in [2.75, 3.05) is 13.2 Å². The molecule has 1 amide bonds. The first-order valence-electron chi connectivity index (χ1n) is 5.49. The normalized spacial score (nSPS) is 21.1. The van der Waals surface area contributed by atoms with Crippen molar-refractivity contribution in [1.29, 1.82) is 0 Å². The molecule has 1 unspecified atom stereocenters. The third-order valence-corrected chi connectivity index (χ3v) is 3.23. The van der Waals surface area contributed by atoms with Crippen LogP contribution in [0.3, 0.4) is 0 Å². The maximum atomic E-state index is 11.7. The molecule has 3 nitrogen and oxygen atoms in total. The first-order chi connectivity index (χ1) is 6.91. The highest BCUT2D eigenvalue weighted by Crippen LogP contribution is 2.21. The van der Waals surface area contributed by atoms with Crippen molar-refractivity contribution in [2.24, 2.45) is 5.92 Å². The molecule has 0 bridgehead atoms. The summed E-state index contributed by atoms with van der Waals surface area (Å²) in [5, 5.41) is 3.05. The minimum absolute atomic E-state index is 0.0569. The highest BCUT2D eigenvalue weighted by Gasteiger charge is 2.28. The Morgan fingerprint density at radius 3 is 2.47 bits per heavy atom. The first kappa shape index (κ1) is 13.0. The van der Waals surface area contributed by atoms with Gasteiger partial charge >= 0.3 is 0 Å². The molecule has 1 saturated heterocycles. The molecule has 1 heterocycles. The van der Waals surface area contributed by atoms with Crippen LogP contribution in [-0.2, 0) is 9.53 Å². The number of nitrogens with one attached hydrogen (secondary N) is 1. The van der Waals surface area contributed by atoms with Gasteiger partial charge < -0.3 is 10.1 Å². The Kier molecular flexibility index (Phi) is 4.59. The van der Waals surface area contributed by atoms with Crippen molar-refractivity contribution in [3.8, 4) is 0 Å². The Balaban J connectivity index is 2.40. The average molecular weight is 278 g/mol. The predicted molar refractivity (Wildman–Crippen MR) is 64.2 cm³/mol. The van der Waals surface area contributed by atoms with Gasteiger partial charge in [-0.05, 0) is 39.5 Å². The van der Waals surface area contributed by atoms with E-state index in [0.717, 1.165) is 26.1 Å². The van der Waals surface area contributed by atoms with Gasteiger partial charge in [0, 0.05) is 19.3 Å². The molecule has 0 aromatic rings. The van der Waals surface area contributed by atoms with Gasteiger partial charge in [0.25, 0.3) is 0 Å². The van der Waals surface area contributed by atoms with E-state index in [1.54, 1.807) is 0 Å². The lowest BCUT2D eigenvalue weighted by Crippen LogP contribution is -2.46. The Bertz CT molecular complexity index is 219. The van der Waals surface area contributed by atoms with E-state index in [1.165, 1.54) is 0 Å². The highest BCUT2D eigenvalue weighted by atomic mass is 79.9. The van der Waals surface area contributed by atoms with Gasteiger partial charge in [-0.1, -0.05) is 15.9 Å². The number of halogens is 1. The Morgan fingerprint density at radius 2 is 2.00 bits per heavy atom. The van der Waals surface area contributed by atoms with Crippen molar-refractivity contribution >= 4 is 21.8 Å². The quantitative estimate of drug-likeness (QED) is 0.803. The Hall–Kier alpha value is -0.0900. The zero-order chi connectivity index (χ0) is 11.5. The van der Waals surface area contributed by atoms with E-state index in [0.29, 0.717) is 5.92 Å². The van der Waals surface area contributed by atoms with Gasteiger partial charge in [-0.2, -0.15) is 0 Å². The van der Waals surface area contributed by atoms with Crippen LogP contribution in [-0.4, -0.2) is 29.5 Å². The molecule has 4 heteroatoms. The number of carbonyl (C=O) groups is 1. The number of carbonyl (C=O) groups excluding carboxylic acids is 1. The molecular weight excluding hydrogens is 258 g/mol. The van der Waals surface area contributed by atoms with Crippen LogP contribution in [0.15, 0.2) is 0 Å². The minimum Gasteiger partial charge on any atom is -0.381 e. The third-order valence-electron chi connectivity index (χ3n) is 2.87. The standard InChI is InChI=1S/C11H20BrNO2/c1-8(9-4-6-15-7-5-9)13-10(14)11(2,3)12/h8-9H,4-7H2,1-3H3,(H,13,14). The molecular formula is C11H20BrNO2. The van der Waals surface area contributed by atoms with Crippen LogP contribution in [0.2, 0.25) is 0 Å². The Labute approximate surface area is 100 Å². The summed E-state index contributed by atoms with van der Waals surface area (Å²) in [6.07, 6.45) is 2.09. The highest BCUT2D eigenvalue weighted by molar-refractivity contribution is 9.10. The van der Waals surface area contributed by atoms with E-state index >= 15 is 0 Å². The maximum absolute atomic E-state index is 11.7. The topological polar surface area (TPSA) is 38.3 Å². The first-order valence-corrected chi connectivity index (χ1v) is 6.28. The van der Waals surface area contributed by atoms with Crippen LogP contribution in [0.1, 0.15) is 33.6 Å². The van der Waals surface area contributed by atoms with Gasteiger partial charge in [-0.25, -0.2) is 0 Å². The molecule has 0 aliphatic carbocycles. The van der Waals surface area contributed by atoms with Gasteiger partial charge in [-0.15, -0.1) is 0 Å². The van der Waals surface area contributed by atoms with E-state index in [4.69, 9.17) is 4.74 Å². The van der Waals surface area contributed by atoms with Crippen LogP contribution in [0.25, 0.3) is 0 Å². The zero-order valence-corrected chi connectivity index (χ0v) is 11.3. The van der Waals surface area contributed by atoms with E-state index in [2.05, 4.69) is 28.2 Å². The van der Waals surface area contributed by atoms with Crippen LogP contribution in [0.4, 0.5) is 0 Å². The molecule has 0 spiro atoms. The fraction of sp³-hybridized carbons (Fsp3) is 0.909. The number of alkyl halides is 1. The van der Waals surface area contributed by atoms with Crippen LogP contribution >= 0.6 is 15.9 Å². The predicted octanol–water partition coefficient (Wildman–Crippen LogP) is 2.09. The van der Waals surface area contributed by atoms with Gasteiger partial charge in [-0.3, -0.25) is 4.79 Å². The van der Waals surface area contributed by atoms with E-state index < -0.39 is 4.32 Å². The van der Waals surface area contributed by atoms with Crippen molar-refractivity contribution < 1.29 is 9.53 Å². The van der Waals surface area contributed by atoms with Gasteiger partial charge in [0.2, 0.25) is 5.91 Å². The summed E-state index contributed by atoms with van der Waals surface area (Å²) in [5.74, 6) is 0.610. The molecule has 15 heavy (non-hydrogen) atoms. The van der Waals surface area contributed by atoms with Crippen molar-refractivity contribution in [2.45, 2.75) is 44.0 Å². The molecule has 1 N–H and O–H groups in total. The summed E-state index contributed by atoms with van der Waals surface area (Å²) in [5.41, 5.74) is 0. The number of amides is 1. The van der Waals surface area contributed by atoms with Crippen molar-refractivity contribution in [3.63, 3.8) is 0 Å². The third kappa shape index (κ3) is 4.11. The number of rotatable bonds is 3. The van der Waals surface area contributed by atoms with E-state index in [1.807, 2.05) is 13.8 Å².